The fraction of sp³-hybridized carbons (Fsp3) is 0.280. The van der Waals surface area contributed by atoms with Crippen molar-refractivity contribution in [1.82, 2.24) is 9.88 Å². The van der Waals surface area contributed by atoms with Gasteiger partial charge in [-0.05, 0) is 41.6 Å². The zero-order valence-corrected chi connectivity index (χ0v) is 18.8. The van der Waals surface area contributed by atoms with Gasteiger partial charge in [0.05, 0.1) is 12.9 Å². The highest BCUT2D eigenvalue weighted by Gasteiger charge is 2.15. The van der Waals surface area contributed by atoms with Crippen LogP contribution in [0.2, 0.25) is 0 Å². The molecule has 31 heavy (non-hydrogen) atoms. The predicted octanol–water partition coefficient (Wildman–Crippen LogP) is 4.60. The molecule has 2 aromatic carbocycles. The number of carbonyl (C=O) groups excluding carboxylic acids is 1. The smallest absolute Gasteiger partial charge is 0.232 e. The van der Waals surface area contributed by atoms with Crippen molar-refractivity contribution in [3.05, 3.63) is 89.7 Å². The molecule has 1 amide bonds. The average molecular weight is 437 g/mol. The zero-order valence-electron chi connectivity index (χ0n) is 18.0. The Hall–Kier alpha value is -2.99. The highest BCUT2D eigenvalue weighted by atomic mass is 32.2. The van der Waals surface area contributed by atoms with E-state index in [2.05, 4.69) is 4.98 Å². The normalized spacial score (nSPS) is 10.5. The van der Waals surface area contributed by atoms with Crippen molar-refractivity contribution in [2.75, 3.05) is 25.7 Å². The van der Waals surface area contributed by atoms with Gasteiger partial charge in [0.25, 0.3) is 0 Å². The van der Waals surface area contributed by atoms with E-state index in [0.29, 0.717) is 36.9 Å². The number of aromatic nitrogens is 1. The number of thioether (sulfide) groups is 1. The van der Waals surface area contributed by atoms with E-state index in [1.54, 1.807) is 13.3 Å². The molecule has 0 aliphatic rings. The summed E-state index contributed by atoms with van der Waals surface area (Å²) in [5.74, 6) is 1.92. The van der Waals surface area contributed by atoms with E-state index in [1.807, 2.05) is 77.9 Å². The van der Waals surface area contributed by atoms with Gasteiger partial charge in [-0.15, -0.1) is 0 Å². The minimum Gasteiger partial charge on any atom is -0.493 e. The molecule has 3 rings (SSSR count). The van der Waals surface area contributed by atoms with Gasteiger partial charge < -0.3 is 14.4 Å². The fourth-order valence-corrected chi connectivity index (χ4v) is 3.62. The third kappa shape index (κ3) is 7.03. The van der Waals surface area contributed by atoms with Crippen LogP contribution >= 0.6 is 11.8 Å². The number of hydrogen-bond acceptors (Lipinski definition) is 5. The van der Waals surface area contributed by atoms with E-state index >= 15 is 0 Å². The number of pyridine rings is 1. The summed E-state index contributed by atoms with van der Waals surface area (Å²) in [6.45, 7) is 1.60. The number of hydrogen-bond donors (Lipinski definition) is 0. The molecule has 1 heterocycles. The van der Waals surface area contributed by atoms with Crippen molar-refractivity contribution < 1.29 is 14.3 Å². The highest BCUT2D eigenvalue weighted by Crippen LogP contribution is 2.29. The van der Waals surface area contributed by atoms with Crippen molar-refractivity contribution in [2.45, 2.75) is 19.6 Å². The number of rotatable bonds is 11. The van der Waals surface area contributed by atoms with E-state index < -0.39 is 0 Å². The summed E-state index contributed by atoms with van der Waals surface area (Å²) < 4.78 is 11.5. The summed E-state index contributed by atoms with van der Waals surface area (Å²) in [7, 11) is 1.63. The maximum Gasteiger partial charge on any atom is 0.232 e. The van der Waals surface area contributed by atoms with E-state index in [9.17, 15) is 4.79 Å². The van der Waals surface area contributed by atoms with Crippen LogP contribution in [0.1, 0.15) is 16.8 Å². The van der Waals surface area contributed by atoms with Crippen LogP contribution in [0.5, 0.6) is 11.5 Å². The summed E-state index contributed by atoms with van der Waals surface area (Å²) >= 11 is 1.53. The van der Waals surface area contributed by atoms with Crippen molar-refractivity contribution >= 4 is 17.7 Å². The average Bonchev–Trinajstić information content (AvgIpc) is 2.82. The zero-order chi connectivity index (χ0) is 21.9. The first-order valence-electron chi connectivity index (χ1n) is 10.2. The molecule has 0 fully saturated rings. The van der Waals surface area contributed by atoms with E-state index in [0.717, 1.165) is 23.2 Å². The highest BCUT2D eigenvalue weighted by molar-refractivity contribution is 7.99. The van der Waals surface area contributed by atoms with Crippen LogP contribution < -0.4 is 9.47 Å². The molecule has 1 aromatic heterocycles. The maximum absolute atomic E-state index is 12.7. The Balaban J connectivity index is 1.68. The Labute approximate surface area is 188 Å². The van der Waals surface area contributed by atoms with Gasteiger partial charge in [0.15, 0.2) is 11.5 Å². The van der Waals surface area contributed by atoms with Gasteiger partial charge in [-0.25, -0.2) is 0 Å². The van der Waals surface area contributed by atoms with E-state index in [-0.39, 0.29) is 5.91 Å². The van der Waals surface area contributed by atoms with Gasteiger partial charge in [-0.2, -0.15) is 11.8 Å². The summed E-state index contributed by atoms with van der Waals surface area (Å²) in [6, 6.07) is 21.7. The summed E-state index contributed by atoms with van der Waals surface area (Å²) in [4.78, 5) is 18.9. The first kappa shape index (κ1) is 22.7. The SMILES string of the molecule is COc1cc(CN(CCc2ccccn2)C(=O)CSC)ccc1OCc1ccccc1. The van der Waals surface area contributed by atoms with Crippen LogP contribution in [0.25, 0.3) is 0 Å². The molecule has 0 saturated heterocycles. The molecule has 0 bridgehead atoms. The lowest BCUT2D eigenvalue weighted by Gasteiger charge is -2.23. The van der Waals surface area contributed by atoms with Crippen molar-refractivity contribution in [1.29, 1.82) is 0 Å². The standard InChI is InChI=1S/C25H28N2O3S/c1-29-24-16-21(11-12-23(24)30-18-20-8-4-3-5-9-20)17-27(25(28)19-31-2)15-13-22-10-6-7-14-26-22/h3-12,14,16H,13,15,17-19H2,1-2H3. The molecule has 0 saturated carbocycles. The molecule has 0 unspecified atom stereocenters. The third-order valence-corrected chi connectivity index (χ3v) is 5.36. The molecule has 5 nitrogen and oxygen atoms in total. The van der Waals surface area contributed by atoms with Crippen LogP contribution in [0.4, 0.5) is 0 Å². The molecular weight excluding hydrogens is 408 g/mol. The molecule has 0 spiro atoms. The monoisotopic (exact) mass is 436 g/mol. The van der Waals surface area contributed by atoms with Gasteiger partial charge in [0.1, 0.15) is 6.61 Å². The van der Waals surface area contributed by atoms with E-state index in [4.69, 9.17) is 9.47 Å². The number of nitrogens with zero attached hydrogens (tertiary/aromatic N) is 2. The quantitative estimate of drug-likeness (QED) is 0.440. The van der Waals surface area contributed by atoms with E-state index in [1.165, 1.54) is 11.8 Å². The molecule has 6 heteroatoms. The summed E-state index contributed by atoms with van der Waals surface area (Å²) in [5.41, 5.74) is 3.07. The lowest BCUT2D eigenvalue weighted by Crippen LogP contribution is -2.34. The number of methoxy groups -OCH3 is 1. The van der Waals surface area contributed by atoms with Gasteiger partial charge in [0.2, 0.25) is 5.91 Å². The summed E-state index contributed by atoms with van der Waals surface area (Å²) in [5, 5.41) is 0. The van der Waals surface area contributed by atoms with Crippen molar-refractivity contribution in [3.63, 3.8) is 0 Å². The van der Waals surface area contributed by atoms with Crippen LogP contribution in [0.3, 0.4) is 0 Å². The topological polar surface area (TPSA) is 51.7 Å². The minimum absolute atomic E-state index is 0.117. The Morgan fingerprint density at radius 2 is 1.81 bits per heavy atom. The largest absolute Gasteiger partial charge is 0.493 e. The number of carbonyl (C=O) groups is 1. The predicted molar refractivity (Wildman–Crippen MR) is 126 cm³/mol. The Kier molecular flexibility index (Phi) is 8.79. The lowest BCUT2D eigenvalue weighted by molar-refractivity contribution is -0.128. The summed E-state index contributed by atoms with van der Waals surface area (Å²) in [6.07, 6.45) is 4.44. The second-order valence-electron chi connectivity index (χ2n) is 7.08. The van der Waals surface area contributed by atoms with Crippen molar-refractivity contribution in [2.24, 2.45) is 0 Å². The van der Waals surface area contributed by atoms with Gasteiger partial charge in [0, 0.05) is 31.4 Å². The second-order valence-corrected chi connectivity index (χ2v) is 7.94. The Morgan fingerprint density at radius 3 is 2.52 bits per heavy atom. The number of amides is 1. The molecule has 3 aromatic rings. The minimum atomic E-state index is 0.117. The lowest BCUT2D eigenvalue weighted by atomic mass is 10.1. The van der Waals surface area contributed by atoms with Crippen LogP contribution in [0.15, 0.2) is 72.9 Å². The first-order valence-corrected chi connectivity index (χ1v) is 11.6. The number of ether oxygens (including phenoxy) is 2. The van der Waals surface area contributed by atoms with Gasteiger partial charge in [-0.1, -0.05) is 42.5 Å². The molecule has 0 aliphatic carbocycles. The maximum atomic E-state index is 12.7. The molecule has 0 N–H and O–H groups in total. The van der Waals surface area contributed by atoms with Crippen LogP contribution in [-0.4, -0.2) is 41.5 Å². The fourth-order valence-electron chi connectivity index (χ4n) is 3.19. The first-order chi connectivity index (χ1) is 15.2. The molecule has 0 atom stereocenters. The van der Waals surface area contributed by atoms with Crippen molar-refractivity contribution in [3.8, 4) is 11.5 Å². The van der Waals surface area contributed by atoms with Crippen LogP contribution in [0, 0.1) is 0 Å². The molecule has 0 aliphatic heterocycles. The Bertz CT molecular complexity index is 951. The van der Waals surface area contributed by atoms with Crippen LogP contribution in [-0.2, 0) is 24.4 Å². The number of benzene rings is 2. The third-order valence-electron chi connectivity index (χ3n) is 4.82. The van der Waals surface area contributed by atoms with Gasteiger partial charge in [-0.3, -0.25) is 9.78 Å². The molecule has 162 valence electrons. The molecule has 0 radical (unpaired) electrons. The second kappa shape index (κ2) is 12.0. The van der Waals surface area contributed by atoms with Gasteiger partial charge >= 0.3 is 0 Å². The molecular formula is C25H28N2O3S. The Morgan fingerprint density at radius 1 is 1.00 bits per heavy atom.